The van der Waals surface area contributed by atoms with Crippen molar-refractivity contribution in [2.45, 2.75) is 52.1 Å². The van der Waals surface area contributed by atoms with Crippen LogP contribution in [0.5, 0.6) is 0 Å². The first-order valence-corrected chi connectivity index (χ1v) is 9.50. The lowest BCUT2D eigenvalue weighted by molar-refractivity contribution is 0.102. The Bertz CT molecular complexity index is 811. The topological polar surface area (TPSA) is 58.4 Å². The number of anilines is 3. The summed E-state index contributed by atoms with van der Waals surface area (Å²) in [7, 11) is 0. The lowest BCUT2D eigenvalue weighted by Gasteiger charge is -2.42. The van der Waals surface area contributed by atoms with Crippen molar-refractivity contribution >= 4 is 34.6 Å². The molecule has 1 heterocycles. The summed E-state index contributed by atoms with van der Waals surface area (Å²) in [5.74, 6) is -0.253. The maximum absolute atomic E-state index is 12.6. The number of rotatable bonds is 3. The average Bonchev–Trinajstić information content (AvgIpc) is 2.58. The standard InChI is InChI=1S/C21H26ClN3O/c1-13-11-18(23)19(24-21(26)16-9-4-5-10-17(16)22)12-20(13)25-14(2)7-6-8-15(25)3/h4-5,9-12,14-15H,6-8,23H2,1-3H3,(H,24,26)/t14-,15-/m0/s1. The number of benzene rings is 2. The number of nitrogens with two attached hydrogens (primary N) is 1. The summed E-state index contributed by atoms with van der Waals surface area (Å²) < 4.78 is 0. The molecule has 26 heavy (non-hydrogen) atoms. The van der Waals surface area contributed by atoms with E-state index >= 15 is 0 Å². The van der Waals surface area contributed by atoms with E-state index in [0.29, 0.717) is 34.0 Å². The van der Waals surface area contributed by atoms with Crippen LogP contribution < -0.4 is 16.0 Å². The second-order valence-corrected chi connectivity index (χ2v) is 7.60. The molecule has 1 amide bonds. The molecule has 2 atom stereocenters. The number of hydrogen-bond acceptors (Lipinski definition) is 3. The van der Waals surface area contributed by atoms with Crippen LogP contribution in [0, 0.1) is 6.92 Å². The van der Waals surface area contributed by atoms with E-state index in [9.17, 15) is 4.79 Å². The van der Waals surface area contributed by atoms with Gasteiger partial charge in [0.05, 0.1) is 22.0 Å². The summed E-state index contributed by atoms with van der Waals surface area (Å²) in [6.07, 6.45) is 3.61. The van der Waals surface area contributed by atoms with Crippen LogP contribution in [0.3, 0.4) is 0 Å². The van der Waals surface area contributed by atoms with Crippen molar-refractivity contribution in [3.05, 3.63) is 52.5 Å². The number of carbonyl (C=O) groups is 1. The molecule has 0 saturated carbocycles. The third-order valence-electron chi connectivity index (χ3n) is 5.21. The van der Waals surface area contributed by atoms with Gasteiger partial charge in [0.15, 0.2) is 0 Å². The largest absolute Gasteiger partial charge is 0.397 e. The molecule has 5 heteroatoms. The monoisotopic (exact) mass is 371 g/mol. The molecule has 0 spiro atoms. The maximum Gasteiger partial charge on any atom is 0.257 e. The Hall–Kier alpha value is -2.20. The second kappa shape index (κ2) is 7.58. The van der Waals surface area contributed by atoms with E-state index in [0.717, 1.165) is 11.3 Å². The number of nitrogens with one attached hydrogen (secondary N) is 1. The Kier molecular flexibility index (Phi) is 5.42. The average molecular weight is 372 g/mol. The maximum atomic E-state index is 12.6. The third kappa shape index (κ3) is 3.65. The van der Waals surface area contributed by atoms with Gasteiger partial charge >= 0.3 is 0 Å². The van der Waals surface area contributed by atoms with Crippen LogP contribution in [-0.2, 0) is 0 Å². The highest BCUT2D eigenvalue weighted by Gasteiger charge is 2.26. The van der Waals surface area contributed by atoms with Gasteiger partial charge in [-0.1, -0.05) is 23.7 Å². The van der Waals surface area contributed by atoms with Crippen molar-refractivity contribution in [3.63, 3.8) is 0 Å². The smallest absolute Gasteiger partial charge is 0.257 e. The van der Waals surface area contributed by atoms with Gasteiger partial charge in [-0.3, -0.25) is 4.79 Å². The van der Waals surface area contributed by atoms with E-state index in [2.05, 4.69) is 31.0 Å². The van der Waals surface area contributed by atoms with Crippen LogP contribution in [0.2, 0.25) is 5.02 Å². The van der Waals surface area contributed by atoms with Crippen molar-refractivity contribution < 1.29 is 4.79 Å². The first-order chi connectivity index (χ1) is 12.4. The Balaban J connectivity index is 1.93. The molecule has 0 aliphatic carbocycles. The first kappa shape index (κ1) is 18.6. The minimum atomic E-state index is -0.253. The van der Waals surface area contributed by atoms with E-state index < -0.39 is 0 Å². The minimum Gasteiger partial charge on any atom is -0.397 e. The molecule has 0 radical (unpaired) electrons. The normalized spacial score (nSPS) is 20.1. The molecule has 3 N–H and O–H groups in total. The van der Waals surface area contributed by atoms with Crippen LogP contribution in [0.15, 0.2) is 36.4 Å². The zero-order chi connectivity index (χ0) is 18.8. The highest BCUT2D eigenvalue weighted by atomic mass is 35.5. The van der Waals surface area contributed by atoms with Gasteiger partial charge in [0, 0.05) is 17.8 Å². The molecule has 1 fully saturated rings. The fourth-order valence-corrected chi connectivity index (χ4v) is 4.06. The summed E-state index contributed by atoms with van der Waals surface area (Å²) in [6, 6.07) is 11.9. The van der Waals surface area contributed by atoms with E-state index in [1.54, 1.807) is 24.3 Å². The zero-order valence-corrected chi connectivity index (χ0v) is 16.3. The molecule has 1 aliphatic rings. The molecule has 3 rings (SSSR count). The highest BCUT2D eigenvalue weighted by Crippen LogP contribution is 2.36. The Morgan fingerprint density at radius 3 is 2.50 bits per heavy atom. The Labute approximate surface area is 160 Å². The van der Waals surface area contributed by atoms with E-state index in [4.69, 9.17) is 17.3 Å². The second-order valence-electron chi connectivity index (χ2n) is 7.20. The summed E-state index contributed by atoms with van der Waals surface area (Å²) in [5, 5.41) is 3.35. The number of nitrogen functional groups attached to an aromatic ring is 1. The molecule has 1 saturated heterocycles. The summed E-state index contributed by atoms with van der Waals surface area (Å²) >= 11 is 6.14. The molecular formula is C21H26ClN3O. The van der Waals surface area contributed by atoms with Gasteiger partial charge in [-0.15, -0.1) is 0 Å². The number of piperidine rings is 1. The van der Waals surface area contributed by atoms with Crippen molar-refractivity contribution in [2.24, 2.45) is 0 Å². The quantitative estimate of drug-likeness (QED) is 0.724. The molecule has 4 nitrogen and oxygen atoms in total. The third-order valence-corrected chi connectivity index (χ3v) is 5.54. The van der Waals surface area contributed by atoms with Gasteiger partial charge < -0.3 is 16.0 Å². The van der Waals surface area contributed by atoms with Crippen molar-refractivity contribution in [3.8, 4) is 0 Å². The summed E-state index contributed by atoms with van der Waals surface area (Å²) in [4.78, 5) is 15.1. The number of aryl methyl sites for hydroxylation is 1. The van der Waals surface area contributed by atoms with E-state index in [1.807, 2.05) is 12.1 Å². The predicted molar refractivity (Wildman–Crippen MR) is 110 cm³/mol. The molecule has 2 aromatic carbocycles. The van der Waals surface area contributed by atoms with Crippen molar-refractivity contribution in [1.29, 1.82) is 0 Å². The molecule has 0 aromatic heterocycles. The van der Waals surface area contributed by atoms with Gasteiger partial charge in [0.25, 0.3) is 5.91 Å². The van der Waals surface area contributed by atoms with Gasteiger partial charge in [-0.2, -0.15) is 0 Å². The summed E-state index contributed by atoms with van der Waals surface area (Å²) in [6.45, 7) is 6.58. The number of amides is 1. The predicted octanol–water partition coefficient (Wildman–Crippen LogP) is 5.25. The lowest BCUT2D eigenvalue weighted by atomic mass is 9.95. The van der Waals surface area contributed by atoms with Crippen LogP contribution >= 0.6 is 11.6 Å². The van der Waals surface area contributed by atoms with Crippen LogP contribution in [-0.4, -0.2) is 18.0 Å². The Morgan fingerprint density at radius 1 is 1.19 bits per heavy atom. The molecule has 1 aliphatic heterocycles. The van der Waals surface area contributed by atoms with E-state index in [-0.39, 0.29) is 5.91 Å². The molecule has 138 valence electrons. The first-order valence-electron chi connectivity index (χ1n) is 9.13. The molecular weight excluding hydrogens is 346 g/mol. The molecule has 0 bridgehead atoms. The summed E-state index contributed by atoms with van der Waals surface area (Å²) in [5.41, 5.74) is 10.1. The number of carbonyl (C=O) groups excluding carboxylic acids is 1. The van der Waals surface area contributed by atoms with Crippen molar-refractivity contribution in [2.75, 3.05) is 16.0 Å². The van der Waals surface area contributed by atoms with Crippen LogP contribution in [0.4, 0.5) is 17.1 Å². The van der Waals surface area contributed by atoms with Gasteiger partial charge in [-0.25, -0.2) is 0 Å². The van der Waals surface area contributed by atoms with Gasteiger partial charge in [0.2, 0.25) is 0 Å². The number of halogens is 1. The molecule has 0 unspecified atom stereocenters. The zero-order valence-electron chi connectivity index (χ0n) is 15.6. The van der Waals surface area contributed by atoms with Gasteiger partial charge in [0.1, 0.15) is 0 Å². The lowest BCUT2D eigenvalue weighted by Crippen LogP contribution is -2.44. The van der Waals surface area contributed by atoms with Crippen molar-refractivity contribution in [1.82, 2.24) is 0 Å². The fraction of sp³-hybridized carbons (Fsp3) is 0.381. The Morgan fingerprint density at radius 2 is 1.85 bits per heavy atom. The number of hydrogen-bond donors (Lipinski definition) is 2. The molecule has 2 aromatic rings. The minimum absolute atomic E-state index is 0.253. The highest BCUT2D eigenvalue weighted by molar-refractivity contribution is 6.34. The van der Waals surface area contributed by atoms with E-state index in [1.165, 1.54) is 19.3 Å². The SMILES string of the molecule is Cc1cc(N)c(NC(=O)c2ccccc2Cl)cc1N1[C@@H](C)CCC[C@@H]1C. The van der Waals surface area contributed by atoms with Crippen LogP contribution in [0.1, 0.15) is 49.0 Å². The fourth-order valence-electron chi connectivity index (χ4n) is 3.84. The van der Waals surface area contributed by atoms with Crippen LogP contribution in [0.25, 0.3) is 0 Å². The number of nitrogens with zero attached hydrogens (tertiary/aromatic N) is 1. The van der Waals surface area contributed by atoms with Gasteiger partial charge in [-0.05, 0) is 69.9 Å².